The average molecular weight is 279 g/mol. The molecule has 5 heteroatoms. The first kappa shape index (κ1) is 16.2. The van der Waals surface area contributed by atoms with E-state index in [-0.39, 0.29) is 17.8 Å². The van der Waals surface area contributed by atoms with Crippen molar-refractivity contribution in [1.29, 1.82) is 0 Å². The minimum Gasteiger partial charge on any atom is -0.469 e. The topological polar surface area (TPSA) is 55.8 Å². The van der Waals surface area contributed by atoms with Crippen LogP contribution in [0.1, 0.15) is 22.8 Å². The van der Waals surface area contributed by atoms with Crippen molar-refractivity contribution in [1.82, 2.24) is 4.90 Å². The molecule has 0 heterocycles. The summed E-state index contributed by atoms with van der Waals surface area (Å²) in [5.74, 6) is -0.813. The van der Waals surface area contributed by atoms with Crippen molar-refractivity contribution in [2.45, 2.75) is 13.5 Å². The summed E-state index contributed by atoms with van der Waals surface area (Å²) in [4.78, 5) is 25.3. The number of rotatable bonds is 6. The van der Waals surface area contributed by atoms with E-state index in [0.29, 0.717) is 18.7 Å². The molecule has 1 atom stereocenters. The normalized spacial score (nSPS) is 11.8. The van der Waals surface area contributed by atoms with Crippen LogP contribution >= 0.6 is 0 Å². The zero-order chi connectivity index (χ0) is 15.1. The predicted molar refractivity (Wildman–Crippen MR) is 75.3 cm³/mol. The lowest BCUT2D eigenvalue weighted by atomic mass is 10.1. The van der Waals surface area contributed by atoms with Crippen LogP contribution in [0.3, 0.4) is 0 Å². The smallest absolute Gasteiger partial charge is 0.310 e. The number of hydrogen-bond donors (Lipinski definition) is 0. The van der Waals surface area contributed by atoms with Crippen LogP contribution in [0, 0.1) is 5.92 Å². The third-order valence-corrected chi connectivity index (χ3v) is 3.05. The SMILES string of the molecule is COCc1ccccc1C(=O)N(C)CC(C)C(=O)OC. The van der Waals surface area contributed by atoms with E-state index in [9.17, 15) is 9.59 Å². The maximum atomic E-state index is 12.4. The molecule has 0 spiro atoms. The summed E-state index contributed by atoms with van der Waals surface area (Å²) in [7, 11) is 4.60. The van der Waals surface area contributed by atoms with Crippen LogP contribution in [0.15, 0.2) is 24.3 Å². The molecule has 0 bridgehead atoms. The van der Waals surface area contributed by atoms with E-state index in [1.165, 1.54) is 12.0 Å². The van der Waals surface area contributed by atoms with Crippen LogP contribution in [0.5, 0.6) is 0 Å². The standard InChI is InChI=1S/C15H21NO4/c1-11(15(18)20-4)9-16(2)14(17)13-8-6-5-7-12(13)10-19-3/h5-8,11H,9-10H2,1-4H3. The summed E-state index contributed by atoms with van der Waals surface area (Å²) in [6, 6.07) is 7.29. The van der Waals surface area contributed by atoms with Crippen molar-refractivity contribution < 1.29 is 19.1 Å². The summed E-state index contributed by atoms with van der Waals surface area (Å²) in [5, 5.41) is 0. The number of methoxy groups -OCH3 is 2. The highest BCUT2D eigenvalue weighted by Crippen LogP contribution is 2.13. The molecule has 1 aromatic rings. The Labute approximate surface area is 119 Å². The van der Waals surface area contributed by atoms with E-state index in [4.69, 9.17) is 4.74 Å². The third-order valence-electron chi connectivity index (χ3n) is 3.05. The first-order valence-electron chi connectivity index (χ1n) is 6.41. The maximum Gasteiger partial charge on any atom is 0.310 e. The van der Waals surface area contributed by atoms with E-state index in [1.807, 2.05) is 18.2 Å². The molecule has 20 heavy (non-hydrogen) atoms. The van der Waals surface area contributed by atoms with Crippen molar-refractivity contribution in [3.05, 3.63) is 35.4 Å². The van der Waals surface area contributed by atoms with Crippen molar-refractivity contribution in [2.75, 3.05) is 27.8 Å². The Bertz CT molecular complexity index is 473. The number of benzene rings is 1. The van der Waals surface area contributed by atoms with Gasteiger partial charge in [0, 0.05) is 26.3 Å². The molecular weight excluding hydrogens is 258 g/mol. The molecule has 0 saturated heterocycles. The van der Waals surface area contributed by atoms with Gasteiger partial charge < -0.3 is 14.4 Å². The molecule has 0 aliphatic heterocycles. The molecule has 0 aromatic heterocycles. The molecule has 1 aromatic carbocycles. The van der Waals surface area contributed by atoms with Crippen LogP contribution in [-0.2, 0) is 20.9 Å². The van der Waals surface area contributed by atoms with Crippen LogP contribution in [0.2, 0.25) is 0 Å². The summed E-state index contributed by atoms with van der Waals surface area (Å²) in [6.45, 7) is 2.42. The molecule has 0 N–H and O–H groups in total. The van der Waals surface area contributed by atoms with E-state index in [0.717, 1.165) is 5.56 Å². The molecule has 0 aliphatic rings. The van der Waals surface area contributed by atoms with Gasteiger partial charge in [-0.3, -0.25) is 9.59 Å². The van der Waals surface area contributed by atoms with Crippen molar-refractivity contribution >= 4 is 11.9 Å². The predicted octanol–water partition coefficient (Wildman–Crippen LogP) is 1.71. The summed E-state index contributed by atoms with van der Waals surface area (Å²) in [5.41, 5.74) is 1.42. The zero-order valence-electron chi connectivity index (χ0n) is 12.4. The van der Waals surface area contributed by atoms with Crippen LogP contribution in [-0.4, -0.2) is 44.6 Å². The molecule has 0 radical (unpaired) electrons. The molecule has 0 aliphatic carbocycles. The fourth-order valence-electron chi connectivity index (χ4n) is 1.99. The van der Waals surface area contributed by atoms with Crippen LogP contribution in [0.25, 0.3) is 0 Å². The minimum atomic E-state index is -0.358. The molecular formula is C15H21NO4. The molecule has 1 amide bonds. The second kappa shape index (κ2) is 7.65. The number of amides is 1. The van der Waals surface area contributed by atoms with E-state index < -0.39 is 0 Å². The quantitative estimate of drug-likeness (QED) is 0.744. The van der Waals surface area contributed by atoms with Gasteiger partial charge in [0.2, 0.25) is 0 Å². The largest absolute Gasteiger partial charge is 0.469 e. The zero-order valence-corrected chi connectivity index (χ0v) is 12.4. The lowest BCUT2D eigenvalue weighted by Gasteiger charge is -2.21. The number of carbonyl (C=O) groups is 2. The van der Waals surface area contributed by atoms with Crippen molar-refractivity contribution in [2.24, 2.45) is 5.92 Å². The first-order valence-corrected chi connectivity index (χ1v) is 6.41. The Morgan fingerprint density at radius 2 is 1.90 bits per heavy atom. The van der Waals surface area contributed by atoms with Gasteiger partial charge >= 0.3 is 5.97 Å². The van der Waals surface area contributed by atoms with E-state index in [1.54, 1.807) is 27.1 Å². The average Bonchev–Trinajstić information content (AvgIpc) is 2.46. The summed E-state index contributed by atoms with van der Waals surface area (Å²) in [6.07, 6.45) is 0. The first-order chi connectivity index (χ1) is 9.51. The minimum absolute atomic E-state index is 0.131. The van der Waals surface area contributed by atoms with Gasteiger partial charge in [-0.15, -0.1) is 0 Å². The molecule has 110 valence electrons. The number of esters is 1. The Morgan fingerprint density at radius 1 is 1.25 bits per heavy atom. The fourth-order valence-corrected chi connectivity index (χ4v) is 1.99. The molecule has 5 nitrogen and oxygen atoms in total. The van der Waals surface area contributed by atoms with Crippen LogP contribution in [0.4, 0.5) is 0 Å². The molecule has 1 rings (SSSR count). The van der Waals surface area contributed by atoms with Gasteiger partial charge in [0.15, 0.2) is 0 Å². The summed E-state index contributed by atoms with van der Waals surface area (Å²) >= 11 is 0. The Morgan fingerprint density at radius 3 is 2.50 bits per heavy atom. The van der Waals surface area contributed by atoms with Gasteiger partial charge in [0.25, 0.3) is 5.91 Å². The highest BCUT2D eigenvalue weighted by atomic mass is 16.5. The maximum absolute atomic E-state index is 12.4. The van der Waals surface area contributed by atoms with E-state index in [2.05, 4.69) is 4.74 Å². The number of hydrogen-bond acceptors (Lipinski definition) is 4. The van der Waals surface area contributed by atoms with Gasteiger partial charge in [0.1, 0.15) is 0 Å². The van der Waals surface area contributed by atoms with Gasteiger partial charge in [-0.1, -0.05) is 25.1 Å². The highest BCUT2D eigenvalue weighted by Gasteiger charge is 2.21. The third kappa shape index (κ3) is 4.06. The van der Waals surface area contributed by atoms with Crippen molar-refractivity contribution in [3.63, 3.8) is 0 Å². The van der Waals surface area contributed by atoms with Crippen molar-refractivity contribution in [3.8, 4) is 0 Å². The second-order valence-electron chi connectivity index (χ2n) is 4.70. The van der Waals surface area contributed by atoms with Crippen LogP contribution < -0.4 is 0 Å². The second-order valence-corrected chi connectivity index (χ2v) is 4.70. The fraction of sp³-hybridized carbons (Fsp3) is 0.467. The highest BCUT2D eigenvalue weighted by molar-refractivity contribution is 5.95. The number of ether oxygens (including phenoxy) is 2. The molecule has 1 unspecified atom stereocenters. The monoisotopic (exact) mass is 279 g/mol. The Kier molecular flexibility index (Phi) is 6.18. The molecule has 0 fully saturated rings. The summed E-state index contributed by atoms with van der Waals surface area (Å²) < 4.78 is 9.75. The van der Waals surface area contributed by atoms with Gasteiger partial charge in [-0.2, -0.15) is 0 Å². The Hall–Kier alpha value is -1.88. The lowest BCUT2D eigenvalue weighted by Crippen LogP contribution is -2.34. The number of carbonyl (C=O) groups excluding carboxylic acids is 2. The number of nitrogens with zero attached hydrogens (tertiary/aromatic N) is 1. The Balaban J connectivity index is 2.81. The molecule has 0 saturated carbocycles. The van der Waals surface area contributed by atoms with Gasteiger partial charge in [0.05, 0.1) is 19.6 Å². The lowest BCUT2D eigenvalue weighted by molar-refractivity contribution is -0.145. The van der Waals surface area contributed by atoms with Gasteiger partial charge in [-0.25, -0.2) is 0 Å². The van der Waals surface area contributed by atoms with Gasteiger partial charge in [-0.05, 0) is 11.6 Å². The van der Waals surface area contributed by atoms with E-state index >= 15 is 0 Å².